The highest BCUT2D eigenvalue weighted by Crippen LogP contribution is 2.36. The average molecular weight is 466 g/mol. The van der Waals surface area contributed by atoms with Crippen LogP contribution in [0.2, 0.25) is 0 Å². The van der Waals surface area contributed by atoms with Gasteiger partial charge in [0.25, 0.3) is 0 Å². The Bertz CT molecular complexity index is 932. The van der Waals surface area contributed by atoms with Gasteiger partial charge in [-0.1, -0.05) is 6.42 Å². The second-order valence-corrected chi connectivity index (χ2v) is 8.56. The van der Waals surface area contributed by atoms with Crippen molar-refractivity contribution in [2.45, 2.75) is 44.3 Å². The number of fused-ring (bicyclic) bond motifs is 1. The number of nitrogens with one attached hydrogen (secondary N) is 2. The topological polar surface area (TPSA) is 71.5 Å². The lowest BCUT2D eigenvalue weighted by Crippen LogP contribution is -2.49. The van der Waals surface area contributed by atoms with Crippen LogP contribution in [-0.4, -0.2) is 54.8 Å². The monoisotopic (exact) mass is 465 g/mol. The van der Waals surface area contributed by atoms with Crippen molar-refractivity contribution in [1.29, 1.82) is 0 Å². The Labute approximate surface area is 191 Å². The van der Waals surface area contributed by atoms with Crippen LogP contribution in [0, 0.1) is 5.92 Å². The van der Waals surface area contributed by atoms with Gasteiger partial charge in [0.1, 0.15) is 22.9 Å². The van der Waals surface area contributed by atoms with E-state index >= 15 is 0 Å². The molecule has 2 aliphatic rings. The van der Waals surface area contributed by atoms with Gasteiger partial charge in [0.2, 0.25) is 5.95 Å². The fourth-order valence-corrected chi connectivity index (χ4v) is 4.84. The zero-order valence-corrected chi connectivity index (χ0v) is 18.9. The second kappa shape index (κ2) is 10.0. The summed E-state index contributed by atoms with van der Waals surface area (Å²) in [6.45, 7) is 2.62. The van der Waals surface area contributed by atoms with Crippen LogP contribution >= 0.6 is 0 Å². The number of halogens is 3. The fraction of sp³-hybridized carbons (Fsp3) is 0.565. The molecule has 2 atom stereocenters. The van der Waals surface area contributed by atoms with Crippen LogP contribution in [0.3, 0.4) is 0 Å². The molecule has 10 heteroatoms. The zero-order valence-electron chi connectivity index (χ0n) is 18.9. The van der Waals surface area contributed by atoms with Crippen LogP contribution in [0.25, 0.3) is 0 Å². The largest absolute Gasteiger partial charge is 0.497 e. The van der Waals surface area contributed by atoms with Crippen molar-refractivity contribution in [1.82, 2.24) is 14.9 Å². The summed E-state index contributed by atoms with van der Waals surface area (Å²) >= 11 is 0. The maximum atomic E-state index is 13.7. The van der Waals surface area contributed by atoms with Gasteiger partial charge in [-0.2, -0.15) is 18.2 Å². The van der Waals surface area contributed by atoms with Gasteiger partial charge < -0.3 is 25.0 Å². The first kappa shape index (κ1) is 23.4. The van der Waals surface area contributed by atoms with E-state index in [0.29, 0.717) is 35.7 Å². The van der Waals surface area contributed by atoms with Gasteiger partial charge >= 0.3 is 6.18 Å². The molecule has 0 bridgehead atoms. The predicted molar refractivity (Wildman–Crippen MR) is 120 cm³/mol. The van der Waals surface area contributed by atoms with Crippen molar-refractivity contribution in [2.75, 3.05) is 44.5 Å². The molecule has 33 heavy (non-hydrogen) atoms. The Morgan fingerprint density at radius 3 is 2.45 bits per heavy atom. The maximum absolute atomic E-state index is 13.7. The quantitative estimate of drug-likeness (QED) is 0.601. The molecule has 0 aliphatic carbocycles. The van der Waals surface area contributed by atoms with Crippen LogP contribution in [-0.2, 0) is 6.18 Å². The van der Waals surface area contributed by atoms with Gasteiger partial charge in [-0.15, -0.1) is 0 Å². The van der Waals surface area contributed by atoms with E-state index in [0.717, 1.165) is 38.5 Å². The highest BCUT2D eigenvalue weighted by atomic mass is 19.4. The Hall–Kier alpha value is -2.75. The van der Waals surface area contributed by atoms with Crippen molar-refractivity contribution in [3.8, 4) is 11.5 Å². The van der Waals surface area contributed by atoms with E-state index < -0.39 is 11.7 Å². The highest BCUT2D eigenvalue weighted by Gasteiger charge is 2.37. The molecular formula is C23H30F3N5O2. The molecular weight excluding hydrogens is 435 g/mol. The van der Waals surface area contributed by atoms with E-state index in [1.807, 2.05) is 0 Å². The molecule has 2 N–H and O–H groups in total. The first-order chi connectivity index (χ1) is 15.9. The third-order valence-corrected chi connectivity index (χ3v) is 6.46. The molecule has 0 saturated carbocycles. The van der Waals surface area contributed by atoms with Gasteiger partial charge in [0.15, 0.2) is 0 Å². The number of alkyl halides is 3. The minimum absolute atomic E-state index is 0.0590. The summed E-state index contributed by atoms with van der Waals surface area (Å²) in [6, 6.07) is 5.51. The van der Waals surface area contributed by atoms with Gasteiger partial charge in [-0.25, -0.2) is 4.98 Å². The molecule has 0 amide bonds. The molecule has 1 aromatic carbocycles. The van der Waals surface area contributed by atoms with E-state index in [1.54, 1.807) is 18.2 Å². The van der Waals surface area contributed by atoms with Gasteiger partial charge in [-0.3, -0.25) is 0 Å². The van der Waals surface area contributed by atoms with Gasteiger partial charge in [0.05, 0.1) is 14.2 Å². The van der Waals surface area contributed by atoms with E-state index in [1.165, 1.54) is 27.1 Å². The summed E-state index contributed by atoms with van der Waals surface area (Å²) in [6.07, 6.45) is 1.83. The van der Waals surface area contributed by atoms with Gasteiger partial charge in [-0.05, 0) is 44.7 Å². The normalized spacial score (nSPS) is 21.2. The van der Waals surface area contributed by atoms with Crippen LogP contribution in [0.1, 0.15) is 37.7 Å². The van der Waals surface area contributed by atoms with Crippen LogP contribution < -0.4 is 20.1 Å². The lowest BCUT2D eigenvalue weighted by Gasteiger charge is -2.44. The SMILES string of the molecule is COc1cc(Nc2ncc(C(F)(F)F)c(NCC3CCCN4CCCCC34)n2)cc(OC)c1. The number of anilines is 3. The number of hydrogen-bond donors (Lipinski definition) is 2. The number of methoxy groups -OCH3 is 2. The number of hydrogen-bond acceptors (Lipinski definition) is 7. The van der Waals surface area contributed by atoms with E-state index in [9.17, 15) is 13.2 Å². The highest BCUT2D eigenvalue weighted by molar-refractivity contribution is 5.61. The Kier molecular flexibility index (Phi) is 7.11. The summed E-state index contributed by atoms with van der Waals surface area (Å²) in [5.41, 5.74) is -0.324. The van der Waals surface area contributed by atoms with Crippen molar-refractivity contribution in [3.05, 3.63) is 30.0 Å². The molecule has 180 valence electrons. The molecule has 7 nitrogen and oxygen atoms in total. The number of nitrogens with zero attached hydrogens (tertiary/aromatic N) is 3. The first-order valence-corrected chi connectivity index (χ1v) is 11.3. The number of piperidine rings is 2. The lowest BCUT2D eigenvalue weighted by molar-refractivity contribution is -0.137. The number of aromatic nitrogens is 2. The zero-order chi connectivity index (χ0) is 23.4. The maximum Gasteiger partial charge on any atom is 0.421 e. The third-order valence-electron chi connectivity index (χ3n) is 6.46. The van der Waals surface area contributed by atoms with Crippen molar-refractivity contribution in [3.63, 3.8) is 0 Å². The minimum atomic E-state index is -4.55. The van der Waals surface area contributed by atoms with Crippen molar-refractivity contribution in [2.24, 2.45) is 5.92 Å². The molecule has 2 saturated heterocycles. The summed E-state index contributed by atoms with van der Waals surface area (Å²) < 4.78 is 51.5. The predicted octanol–water partition coefficient (Wildman–Crippen LogP) is 4.93. The van der Waals surface area contributed by atoms with Crippen molar-refractivity contribution < 1.29 is 22.6 Å². The second-order valence-electron chi connectivity index (χ2n) is 8.56. The summed E-state index contributed by atoms with van der Waals surface area (Å²) in [4.78, 5) is 10.6. The molecule has 2 unspecified atom stereocenters. The van der Waals surface area contributed by atoms with Crippen LogP contribution in [0.15, 0.2) is 24.4 Å². The first-order valence-electron chi connectivity index (χ1n) is 11.3. The summed E-state index contributed by atoms with van der Waals surface area (Å²) in [5, 5.41) is 5.96. The molecule has 2 fully saturated rings. The standard InChI is InChI=1S/C23H30F3N5O2/c1-32-17-10-16(11-18(12-17)33-2)29-22-28-14-19(23(24,25)26)21(30-22)27-13-15-6-5-9-31-8-4-3-7-20(15)31/h10-12,14-15,20H,3-9,13H2,1-2H3,(H2,27,28,29,30). The van der Waals surface area contributed by atoms with E-state index in [4.69, 9.17) is 9.47 Å². The molecule has 3 heterocycles. The number of ether oxygens (including phenoxy) is 2. The Morgan fingerprint density at radius 2 is 1.76 bits per heavy atom. The Morgan fingerprint density at radius 1 is 1.03 bits per heavy atom. The fourth-order valence-electron chi connectivity index (χ4n) is 4.84. The van der Waals surface area contributed by atoms with E-state index in [2.05, 4.69) is 25.5 Å². The summed E-state index contributed by atoms with van der Waals surface area (Å²) in [5.74, 6) is 1.23. The average Bonchev–Trinajstić information content (AvgIpc) is 2.81. The summed E-state index contributed by atoms with van der Waals surface area (Å²) in [7, 11) is 3.04. The van der Waals surface area contributed by atoms with Crippen LogP contribution in [0.4, 0.5) is 30.6 Å². The molecule has 2 aliphatic heterocycles. The van der Waals surface area contributed by atoms with Crippen molar-refractivity contribution >= 4 is 17.5 Å². The minimum Gasteiger partial charge on any atom is -0.497 e. The molecule has 0 radical (unpaired) electrons. The molecule has 2 aromatic rings. The lowest BCUT2D eigenvalue weighted by atomic mass is 9.83. The van der Waals surface area contributed by atoms with Gasteiger partial charge in [0, 0.05) is 42.7 Å². The molecule has 0 spiro atoms. The molecule has 1 aromatic heterocycles. The smallest absolute Gasteiger partial charge is 0.421 e. The molecule has 4 rings (SSSR count). The number of rotatable bonds is 7. The third kappa shape index (κ3) is 5.61. The van der Waals surface area contributed by atoms with Crippen LogP contribution in [0.5, 0.6) is 11.5 Å². The number of benzene rings is 1. The van der Waals surface area contributed by atoms with E-state index in [-0.39, 0.29) is 11.8 Å². The Balaban J connectivity index is 1.54.